The van der Waals surface area contributed by atoms with Crippen molar-refractivity contribution >= 4 is 27.5 Å². The first-order valence-corrected chi connectivity index (χ1v) is 6.93. The fourth-order valence-electron chi connectivity index (χ4n) is 2.12. The summed E-state index contributed by atoms with van der Waals surface area (Å²) in [4.78, 5) is 31.6. The number of aliphatic carboxylic acids is 1. The second-order valence-electron chi connectivity index (χ2n) is 4.68. The molecule has 1 aliphatic rings. The first kappa shape index (κ1) is 12.3. The highest BCUT2D eigenvalue weighted by molar-refractivity contribution is 7.17. The lowest BCUT2D eigenvalue weighted by Gasteiger charge is -2.18. The predicted molar refractivity (Wildman–Crippen MR) is 71.3 cm³/mol. The lowest BCUT2D eigenvalue weighted by molar-refractivity contribution is -0.138. The maximum atomic E-state index is 11.8. The molecule has 1 fully saturated rings. The molecule has 0 radical (unpaired) electrons. The summed E-state index contributed by atoms with van der Waals surface area (Å²) in [6.45, 7) is 0.355. The van der Waals surface area contributed by atoms with E-state index in [2.05, 4.69) is 9.97 Å². The zero-order chi connectivity index (χ0) is 13.4. The molecular weight excluding hydrogens is 266 g/mol. The van der Waals surface area contributed by atoms with Crippen LogP contribution >= 0.6 is 11.3 Å². The van der Waals surface area contributed by atoms with E-state index in [1.807, 2.05) is 10.3 Å². The summed E-state index contributed by atoms with van der Waals surface area (Å²) in [6.07, 6.45) is 2.02. The van der Waals surface area contributed by atoms with E-state index in [4.69, 9.17) is 5.11 Å². The number of nitrogens with zero attached hydrogens (tertiary/aromatic N) is 2. The SMILES string of the molecule is O=C(O)CN(Cc1nc2ccsc2c(=O)[nH]1)C1CC1. The molecule has 2 aromatic rings. The van der Waals surface area contributed by atoms with Crippen LogP contribution in [0.15, 0.2) is 16.2 Å². The molecule has 0 atom stereocenters. The number of aromatic nitrogens is 2. The van der Waals surface area contributed by atoms with Gasteiger partial charge in [0.2, 0.25) is 0 Å². The molecular formula is C12H13N3O3S. The van der Waals surface area contributed by atoms with Gasteiger partial charge in [0.15, 0.2) is 0 Å². The van der Waals surface area contributed by atoms with Gasteiger partial charge < -0.3 is 10.1 Å². The molecule has 2 N–H and O–H groups in total. The normalized spacial score (nSPS) is 15.2. The van der Waals surface area contributed by atoms with Gasteiger partial charge in [0, 0.05) is 6.04 Å². The maximum absolute atomic E-state index is 11.8. The van der Waals surface area contributed by atoms with Crippen LogP contribution in [0.3, 0.4) is 0 Å². The molecule has 100 valence electrons. The molecule has 0 bridgehead atoms. The van der Waals surface area contributed by atoms with E-state index in [1.54, 1.807) is 6.07 Å². The van der Waals surface area contributed by atoms with Crippen molar-refractivity contribution in [3.05, 3.63) is 27.6 Å². The maximum Gasteiger partial charge on any atom is 0.317 e. The minimum Gasteiger partial charge on any atom is -0.480 e. The molecule has 0 saturated heterocycles. The fourth-order valence-corrected chi connectivity index (χ4v) is 2.84. The molecule has 7 heteroatoms. The second kappa shape index (κ2) is 4.75. The molecule has 0 amide bonds. The standard InChI is InChI=1S/C12H13N3O3S/c16-10(17)6-15(7-1-2-7)5-9-13-8-3-4-19-11(8)12(18)14-9/h3-4,7H,1-2,5-6H2,(H,16,17)(H,13,14,18). The summed E-state index contributed by atoms with van der Waals surface area (Å²) in [6, 6.07) is 2.11. The Labute approximate surface area is 112 Å². The first-order chi connectivity index (χ1) is 9.13. The summed E-state index contributed by atoms with van der Waals surface area (Å²) >= 11 is 1.36. The topological polar surface area (TPSA) is 86.3 Å². The third-order valence-electron chi connectivity index (χ3n) is 3.12. The smallest absolute Gasteiger partial charge is 0.317 e. The van der Waals surface area contributed by atoms with Gasteiger partial charge in [-0.1, -0.05) is 0 Å². The highest BCUT2D eigenvalue weighted by atomic mass is 32.1. The van der Waals surface area contributed by atoms with Crippen LogP contribution in [0.5, 0.6) is 0 Å². The minimum atomic E-state index is -0.856. The number of hydrogen-bond acceptors (Lipinski definition) is 5. The number of thiophene rings is 1. The summed E-state index contributed by atoms with van der Waals surface area (Å²) in [5, 5.41) is 10.7. The Bertz CT molecular complexity index is 674. The molecule has 2 aromatic heterocycles. The van der Waals surface area contributed by atoms with E-state index in [9.17, 15) is 9.59 Å². The second-order valence-corrected chi connectivity index (χ2v) is 5.59. The lowest BCUT2D eigenvalue weighted by Crippen LogP contribution is -2.32. The molecule has 0 aromatic carbocycles. The minimum absolute atomic E-state index is 0.0178. The van der Waals surface area contributed by atoms with E-state index in [1.165, 1.54) is 11.3 Å². The van der Waals surface area contributed by atoms with Crippen molar-refractivity contribution in [1.29, 1.82) is 0 Å². The number of carboxylic acid groups (broad SMARTS) is 1. The lowest BCUT2D eigenvalue weighted by atomic mass is 10.4. The van der Waals surface area contributed by atoms with Crippen molar-refractivity contribution in [3.63, 3.8) is 0 Å². The molecule has 6 nitrogen and oxygen atoms in total. The van der Waals surface area contributed by atoms with Gasteiger partial charge in [-0.3, -0.25) is 14.5 Å². The Morgan fingerprint density at radius 1 is 1.58 bits per heavy atom. The predicted octanol–water partition coefficient (Wildman–Crippen LogP) is 1.03. The van der Waals surface area contributed by atoms with E-state index in [0.717, 1.165) is 12.8 Å². The van der Waals surface area contributed by atoms with Gasteiger partial charge in [0.1, 0.15) is 10.5 Å². The van der Waals surface area contributed by atoms with Crippen molar-refractivity contribution in [1.82, 2.24) is 14.9 Å². The van der Waals surface area contributed by atoms with Crippen molar-refractivity contribution in [2.75, 3.05) is 6.54 Å². The average molecular weight is 279 g/mol. The van der Waals surface area contributed by atoms with Gasteiger partial charge in [-0.05, 0) is 24.3 Å². The molecule has 0 aliphatic heterocycles. The fraction of sp³-hybridized carbons (Fsp3) is 0.417. The monoisotopic (exact) mass is 279 g/mol. The number of aromatic amines is 1. The van der Waals surface area contributed by atoms with Gasteiger partial charge >= 0.3 is 5.97 Å². The number of nitrogens with one attached hydrogen (secondary N) is 1. The van der Waals surface area contributed by atoms with Crippen LogP contribution in [-0.4, -0.2) is 38.5 Å². The summed E-state index contributed by atoms with van der Waals surface area (Å²) in [7, 11) is 0. The zero-order valence-electron chi connectivity index (χ0n) is 10.1. The number of carboxylic acids is 1. The average Bonchev–Trinajstić information content (AvgIpc) is 3.07. The van der Waals surface area contributed by atoms with Crippen LogP contribution in [0.25, 0.3) is 10.2 Å². The Morgan fingerprint density at radius 2 is 2.37 bits per heavy atom. The Hall–Kier alpha value is -1.73. The van der Waals surface area contributed by atoms with Crippen LogP contribution in [0.2, 0.25) is 0 Å². The molecule has 1 saturated carbocycles. The van der Waals surface area contributed by atoms with Crippen LogP contribution < -0.4 is 5.56 Å². The number of fused-ring (bicyclic) bond motifs is 1. The van der Waals surface area contributed by atoms with Gasteiger partial charge in [0.25, 0.3) is 5.56 Å². The van der Waals surface area contributed by atoms with Gasteiger partial charge in [-0.25, -0.2) is 4.98 Å². The number of hydrogen-bond donors (Lipinski definition) is 2. The van der Waals surface area contributed by atoms with Crippen LogP contribution in [-0.2, 0) is 11.3 Å². The van der Waals surface area contributed by atoms with Crippen LogP contribution in [0.1, 0.15) is 18.7 Å². The van der Waals surface area contributed by atoms with Gasteiger partial charge in [-0.2, -0.15) is 0 Å². The van der Waals surface area contributed by atoms with Crippen LogP contribution in [0.4, 0.5) is 0 Å². The quantitative estimate of drug-likeness (QED) is 0.854. The van der Waals surface area contributed by atoms with E-state index < -0.39 is 5.97 Å². The van der Waals surface area contributed by atoms with E-state index in [0.29, 0.717) is 28.6 Å². The van der Waals surface area contributed by atoms with Crippen molar-refractivity contribution in [2.45, 2.75) is 25.4 Å². The highest BCUT2D eigenvalue weighted by Crippen LogP contribution is 2.27. The Kier molecular flexibility index (Phi) is 3.08. The molecule has 1 aliphatic carbocycles. The molecule has 0 unspecified atom stereocenters. The van der Waals surface area contributed by atoms with Gasteiger partial charge in [0.05, 0.1) is 18.6 Å². The highest BCUT2D eigenvalue weighted by Gasteiger charge is 2.30. The van der Waals surface area contributed by atoms with Gasteiger partial charge in [-0.15, -0.1) is 11.3 Å². The van der Waals surface area contributed by atoms with E-state index >= 15 is 0 Å². The Morgan fingerprint density at radius 3 is 3.05 bits per heavy atom. The summed E-state index contributed by atoms with van der Waals surface area (Å²) < 4.78 is 0.611. The summed E-state index contributed by atoms with van der Waals surface area (Å²) in [5.74, 6) is -0.324. The number of H-pyrrole nitrogens is 1. The number of rotatable bonds is 5. The third kappa shape index (κ3) is 2.66. The molecule has 0 spiro atoms. The zero-order valence-corrected chi connectivity index (χ0v) is 10.9. The van der Waals surface area contributed by atoms with Crippen LogP contribution in [0, 0.1) is 0 Å². The van der Waals surface area contributed by atoms with Crippen molar-refractivity contribution in [3.8, 4) is 0 Å². The third-order valence-corrected chi connectivity index (χ3v) is 4.02. The van der Waals surface area contributed by atoms with E-state index in [-0.39, 0.29) is 12.1 Å². The largest absolute Gasteiger partial charge is 0.480 e. The molecule has 2 heterocycles. The van der Waals surface area contributed by atoms with Crippen molar-refractivity contribution < 1.29 is 9.90 Å². The first-order valence-electron chi connectivity index (χ1n) is 6.06. The number of carbonyl (C=O) groups is 1. The summed E-state index contributed by atoms with van der Waals surface area (Å²) in [5.41, 5.74) is 0.524. The molecule has 3 rings (SSSR count). The van der Waals surface area contributed by atoms with Crippen molar-refractivity contribution in [2.24, 2.45) is 0 Å². The Balaban J connectivity index is 1.86. The molecule has 19 heavy (non-hydrogen) atoms.